The highest BCUT2D eigenvalue weighted by atomic mass is 79.9. The van der Waals surface area contributed by atoms with Gasteiger partial charge in [-0.25, -0.2) is 9.18 Å². The maximum Gasteiger partial charge on any atom is 0.335 e. The average Bonchev–Trinajstić information content (AvgIpc) is 2.36. The first kappa shape index (κ1) is 13.4. The van der Waals surface area contributed by atoms with Crippen molar-refractivity contribution in [1.29, 1.82) is 0 Å². The van der Waals surface area contributed by atoms with Gasteiger partial charge in [0, 0.05) is 4.47 Å². The Morgan fingerprint density at radius 1 is 1.21 bits per heavy atom. The molecule has 0 unspecified atom stereocenters. The average molecular weight is 325 g/mol. The second-order valence-electron chi connectivity index (χ2n) is 3.86. The molecule has 0 aliphatic rings. The van der Waals surface area contributed by atoms with Gasteiger partial charge in [-0.2, -0.15) is 0 Å². The second kappa shape index (κ2) is 5.27. The fourth-order valence-corrected chi connectivity index (χ4v) is 1.89. The molecular formula is C13H10BrFN2O2. The van der Waals surface area contributed by atoms with Crippen LogP contribution in [0, 0.1) is 5.82 Å². The van der Waals surface area contributed by atoms with Crippen molar-refractivity contribution in [3.63, 3.8) is 0 Å². The molecule has 0 aliphatic carbocycles. The summed E-state index contributed by atoms with van der Waals surface area (Å²) < 4.78 is 13.8. The summed E-state index contributed by atoms with van der Waals surface area (Å²) in [5.41, 5.74) is 7.15. The fourth-order valence-electron chi connectivity index (χ4n) is 1.55. The molecule has 0 saturated heterocycles. The second-order valence-corrected chi connectivity index (χ2v) is 4.71. The summed E-state index contributed by atoms with van der Waals surface area (Å²) in [6.45, 7) is 0. The number of aromatic carboxylic acids is 1. The number of carbonyl (C=O) groups is 1. The van der Waals surface area contributed by atoms with Crippen LogP contribution >= 0.6 is 15.9 Å². The van der Waals surface area contributed by atoms with Crippen LogP contribution in [0.25, 0.3) is 0 Å². The highest BCUT2D eigenvalue weighted by Gasteiger charge is 2.08. The smallest absolute Gasteiger partial charge is 0.335 e. The molecule has 0 fully saturated rings. The molecule has 0 atom stereocenters. The Balaban J connectivity index is 2.33. The third-order valence-electron chi connectivity index (χ3n) is 2.50. The van der Waals surface area contributed by atoms with Gasteiger partial charge in [-0.3, -0.25) is 0 Å². The van der Waals surface area contributed by atoms with Gasteiger partial charge in [-0.05, 0) is 52.3 Å². The van der Waals surface area contributed by atoms with Gasteiger partial charge in [0.15, 0.2) is 0 Å². The van der Waals surface area contributed by atoms with Crippen LogP contribution in [0.1, 0.15) is 10.4 Å². The molecular weight excluding hydrogens is 315 g/mol. The van der Waals surface area contributed by atoms with Crippen molar-refractivity contribution in [2.75, 3.05) is 11.1 Å². The van der Waals surface area contributed by atoms with Gasteiger partial charge in [0.2, 0.25) is 0 Å². The van der Waals surface area contributed by atoms with E-state index in [1.54, 1.807) is 6.07 Å². The summed E-state index contributed by atoms with van der Waals surface area (Å²) in [5, 5.41) is 11.8. The number of hydrogen-bond acceptors (Lipinski definition) is 3. The molecule has 0 saturated carbocycles. The fraction of sp³-hybridized carbons (Fsp3) is 0. The van der Waals surface area contributed by atoms with Crippen molar-refractivity contribution in [3.05, 3.63) is 52.3 Å². The monoisotopic (exact) mass is 324 g/mol. The van der Waals surface area contributed by atoms with E-state index < -0.39 is 5.97 Å². The predicted molar refractivity (Wildman–Crippen MR) is 75.2 cm³/mol. The molecule has 0 radical (unpaired) electrons. The Morgan fingerprint density at radius 3 is 2.58 bits per heavy atom. The largest absolute Gasteiger partial charge is 0.478 e. The van der Waals surface area contributed by atoms with Gasteiger partial charge >= 0.3 is 5.97 Å². The Bertz CT molecular complexity index is 647. The van der Waals surface area contributed by atoms with Gasteiger partial charge in [-0.1, -0.05) is 0 Å². The van der Waals surface area contributed by atoms with Crippen molar-refractivity contribution in [2.24, 2.45) is 0 Å². The van der Waals surface area contributed by atoms with E-state index >= 15 is 0 Å². The Kier molecular flexibility index (Phi) is 3.71. The quantitative estimate of drug-likeness (QED) is 0.754. The molecule has 2 aromatic carbocycles. The van der Waals surface area contributed by atoms with Gasteiger partial charge < -0.3 is 16.2 Å². The number of hydrogen-bond donors (Lipinski definition) is 3. The summed E-state index contributed by atoms with van der Waals surface area (Å²) in [6, 6.07) is 8.52. The summed E-state index contributed by atoms with van der Waals surface area (Å²) >= 11 is 3.29. The minimum atomic E-state index is -1.05. The summed E-state index contributed by atoms with van der Waals surface area (Å²) in [7, 11) is 0. The van der Waals surface area contributed by atoms with E-state index in [0.29, 0.717) is 15.8 Å². The summed E-state index contributed by atoms with van der Waals surface area (Å²) in [6.07, 6.45) is 0. The molecule has 0 spiro atoms. The summed E-state index contributed by atoms with van der Waals surface area (Å²) in [5.74, 6) is -1.43. The van der Waals surface area contributed by atoms with Gasteiger partial charge in [0.1, 0.15) is 5.82 Å². The van der Waals surface area contributed by atoms with E-state index in [2.05, 4.69) is 21.2 Å². The number of nitrogens with one attached hydrogen (secondary N) is 1. The number of halogens is 2. The van der Waals surface area contributed by atoms with E-state index in [1.165, 1.54) is 30.3 Å². The zero-order valence-electron chi connectivity index (χ0n) is 9.65. The zero-order valence-corrected chi connectivity index (χ0v) is 11.2. The third kappa shape index (κ3) is 3.03. The lowest BCUT2D eigenvalue weighted by molar-refractivity contribution is 0.0697. The van der Waals surface area contributed by atoms with Gasteiger partial charge in [0.05, 0.1) is 22.6 Å². The zero-order chi connectivity index (χ0) is 14.0. The molecule has 4 N–H and O–H groups in total. The minimum Gasteiger partial charge on any atom is -0.478 e. The number of benzene rings is 2. The number of nitrogen functional groups attached to an aromatic ring is 1. The Morgan fingerprint density at radius 2 is 1.95 bits per heavy atom. The molecule has 19 heavy (non-hydrogen) atoms. The van der Waals surface area contributed by atoms with Crippen molar-refractivity contribution < 1.29 is 14.3 Å². The molecule has 0 heterocycles. The number of anilines is 3. The highest BCUT2D eigenvalue weighted by Crippen LogP contribution is 2.29. The van der Waals surface area contributed by atoms with Gasteiger partial charge in [0.25, 0.3) is 0 Å². The lowest BCUT2D eigenvalue weighted by atomic mass is 10.1. The number of carboxylic acids is 1. The molecule has 6 heteroatoms. The van der Waals surface area contributed by atoms with Crippen LogP contribution in [0.2, 0.25) is 0 Å². The van der Waals surface area contributed by atoms with E-state index in [4.69, 9.17) is 10.8 Å². The normalized spacial score (nSPS) is 10.2. The standard InChI is InChI=1S/C13H10BrFN2O2/c14-9-3-2-8(15)6-12(9)17-11-4-1-7(13(18)19)5-10(11)16/h1-6,17H,16H2,(H,18,19). The maximum atomic E-state index is 13.2. The van der Waals surface area contributed by atoms with E-state index in [0.717, 1.165) is 0 Å². The first-order chi connectivity index (χ1) is 8.97. The van der Waals surface area contributed by atoms with Crippen LogP contribution < -0.4 is 11.1 Å². The van der Waals surface area contributed by atoms with Gasteiger partial charge in [-0.15, -0.1) is 0 Å². The molecule has 2 aromatic rings. The van der Waals surface area contributed by atoms with Crippen LogP contribution in [0.3, 0.4) is 0 Å². The minimum absolute atomic E-state index is 0.0985. The molecule has 0 aromatic heterocycles. The van der Waals surface area contributed by atoms with Crippen LogP contribution in [0.15, 0.2) is 40.9 Å². The van der Waals surface area contributed by atoms with Crippen molar-refractivity contribution in [1.82, 2.24) is 0 Å². The number of carboxylic acid groups (broad SMARTS) is 1. The molecule has 98 valence electrons. The Hall–Kier alpha value is -2.08. The number of rotatable bonds is 3. The lowest BCUT2D eigenvalue weighted by Crippen LogP contribution is -2.01. The topological polar surface area (TPSA) is 75.4 Å². The summed E-state index contributed by atoms with van der Waals surface area (Å²) in [4.78, 5) is 10.8. The lowest BCUT2D eigenvalue weighted by Gasteiger charge is -2.11. The number of nitrogens with two attached hydrogens (primary N) is 1. The molecule has 0 aliphatic heterocycles. The first-order valence-electron chi connectivity index (χ1n) is 5.32. The SMILES string of the molecule is Nc1cc(C(=O)O)ccc1Nc1cc(F)ccc1Br. The van der Waals surface area contributed by atoms with E-state index in [-0.39, 0.29) is 17.1 Å². The van der Waals surface area contributed by atoms with E-state index in [1.807, 2.05) is 0 Å². The predicted octanol–water partition coefficient (Wildman–Crippen LogP) is 3.61. The molecule has 4 nitrogen and oxygen atoms in total. The van der Waals surface area contributed by atoms with Crippen molar-refractivity contribution >= 4 is 39.0 Å². The highest BCUT2D eigenvalue weighted by molar-refractivity contribution is 9.10. The van der Waals surface area contributed by atoms with Crippen LogP contribution in [-0.2, 0) is 0 Å². The van der Waals surface area contributed by atoms with Crippen LogP contribution in [0.5, 0.6) is 0 Å². The van der Waals surface area contributed by atoms with E-state index in [9.17, 15) is 9.18 Å². The third-order valence-corrected chi connectivity index (χ3v) is 3.19. The molecule has 0 bridgehead atoms. The van der Waals surface area contributed by atoms with Crippen molar-refractivity contribution in [3.8, 4) is 0 Å². The van der Waals surface area contributed by atoms with Crippen LogP contribution in [0.4, 0.5) is 21.5 Å². The van der Waals surface area contributed by atoms with Crippen LogP contribution in [-0.4, -0.2) is 11.1 Å². The molecule has 2 rings (SSSR count). The maximum absolute atomic E-state index is 13.2. The molecule has 0 amide bonds. The Labute approximate surface area is 117 Å². The first-order valence-corrected chi connectivity index (χ1v) is 6.11. The van der Waals surface area contributed by atoms with Crippen molar-refractivity contribution in [2.45, 2.75) is 0 Å².